The lowest BCUT2D eigenvalue weighted by molar-refractivity contribution is -0.711. The summed E-state index contributed by atoms with van der Waals surface area (Å²) in [6.07, 6.45) is 3.01. The minimum Gasteiger partial charge on any atom is -0.394 e. The van der Waals surface area contributed by atoms with Crippen molar-refractivity contribution in [3.05, 3.63) is 23.3 Å². The van der Waals surface area contributed by atoms with Crippen LogP contribution in [0.4, 0.5) is 5.95 Å². The van der Waals surface area contributed by atoms with Gasteiger partial charge in [0.1, 0.15) is 0 Å². The van der Waals surface area contributed by atoms with E-state index in [0.717, 1.165) is 0 Å². The maximum atomic E-state index is 12.2. The smallest absolute Gasteiger partial charge is 0.313 e. The highest BCUT2D eigenvalue weighted by molar-refractivity contribution is 5.68. The first-order valence-corrected chi connectivity index (χ1v) is 5.67. The number of aliphatic hydroxyl groups is 1. The Morgan fingerprint density at radius 1 is 1.68 bits per heavy atom. The van der Waals surface area contributed by atoms with Gasteiger partial charge in [-0.3, -0.25) is 9.36 Å². The number of nitrogen functional groups attached to an aromatic ring is 1. The third kappa shape index (κ3) is 2.23. The summed E-state index contributed by atoms with van der Waals surface area (Å²) in [5.74, 6) is 0.0645. The molecule has 0 unspecified atom stereocenters. The molecule has 0 aliphatic heterocycles. The van der Waals surface area contributed by atoms with Gasteiger partial charge in [-0.15, -0.1) is 0 Å². The number of rotatable bonds is 5. The summed E-state index contributed by atoms with van der Waals surface area (Å²) in [5.41, 5.74) is 6.25. The fourth-order valence-electron chi connectivity index (χ4n) is 1.86. The number of hydrogen-bond acceptors (Lipinski definition) is 5. The zero-order chi connectivity index (χ0) is 14.0. The number of fused-ring (bicyclic) bond motifs is 1. The van der Waals surface area contributed by atoms with Gasteiger partial charge >= 0.3 is 11.2 Å². The molecule has 0 spiro atoms. The number of ether oxygens (including phenoxy) is 1. The van der Waals surface area contributed by atoms with Gasteiger partial charge in [-0.25, -0.2) is 9.13 Å². The van der Waals surface area contributed by atoms with Crippen LogP contribution in [0.5, 0.6) is 0 Å². The number of nitrogens with zero attached hydrogens (tertiary/aromatic N) is 4. The number of aliphatic hydroxyl groups excluding tert-OH is 1. The Morgan fingerprint density at radius 3 is 3.05 bits per heavy atom. The molecule has 2 aromatic rings. The molecule has 3 N–H and O–H groups in total. The highest BCUT2D eigenvalue weighted by Crippen LogP contribution is 2.05. The molecule has 2 heterocycles. The van der Waals surface area contributed by atoms with E-state index in [4.69, 9.17) is 15.6 Å². The van der Waals surface area contributed by atoms with Crippen LogP contribution >= 0.6 is 0 Å². The van der Waals surface area contributed by atoms with Crippen molar-refractivity contribution >= 4 is 23.3 Å². The number of imidazole rings is 1. The van der Waals surface area contributed by atoms with E-state index in [1.165, 1.54) is 10.8 Å². The Hall–Kier alpha value is -2.19. The molecule has 19 heavy (non-hydrogen) atoms. The summed E-state index contributed by atoms with van der Waals surface area (Å²) in [6.45, 7) is 3.86. The van der Waals surface area contributed by atoms with Crippen molar-refractivity contribution in [3.63, 3.8) is 0 Å². The average Bonchev–Trinajstić information content (AvgIpc) is 2.67. The summed E-state index contributed by atoms with van der Waals surface area (Å²) in [7, 11) is 1.73. The molecule has 2 aromatic heterocycles. The maximum Gasteiger partial charge on any atom is 0.313 e. The van der Waals surface area contributed by atoms with Crippen molar-refractivity contribution in [2.45, 2.75) is 6.73 Å². The van der Waals surface area contributed by atoms with Crippen molar-refractivity contribution in [2.75, 3.05) is 18.9 Å². The molecule has 0 saturated carbocycles. The van der Waals surface area contributed by atoms with Gasteiger partial charge in [0.15, 0.2) is 13.1 Å². The Bertz CT molecular complexity index is 673. The van der Waals surface area contributed by atoms with Crippen molar-refractivity contribution in [1.29, 1.82) is 0 Å². The van der Waals surface area contributed by atoms with Gasteiger partial charge in [0, 0.05) is 6.20 Å². The molecular weight excluding hydrogens is 250 g/mol. The summed E-state index contributed by atoms with van der Waals surface area (Å²) in [4.78, 5) is 16.4. The Kier molecular flexibility index (Phi) is 3.63. The number of aryl methyl sites for hydroxylation is 1. The van der Waals surface area contributed by atoms with Gasteiger partial charge in [-0.2, -0.15) is 0 Å². The third-order valence-electron chi connectivity index (χ3n) is 2.69. The Labute approximate surface area is 109 Å². The minimum absolute atomic E-state index is 0.0645. The predicted molar refractivity (Wildman–Crippen MR) is 69.0 cm³/mol. The zero-order valence-electron chi connectivity index (χ0n) is 10.6. The summed E-state index contributed by atoms with van der Waals surface area (Å²) < 4.78 is 9.69. The second kappa shape index (κ2) is 5.21. The molecular formula is C11H16N5O3+. The predicted octanol–water partition coefficient (Wildman–Crippen LogP) is -1.33. The lowest BCUT2D eigenvalue weighted by Crippen LogP contribution is -2.36. The normalized spacial score (nSPS) is 11.1. The lowest BCUT2D eigenvalue weighted by atomic mass is 10.5. The second-order valence-electron chi connectivity index (χ2n) is 3.96. The number of nitrogens with two attached hydrogens (primary N) is 1. The van der Waals surface area contributed by atoms with Crippen molar-refractivity contribution in [2.24, 2.45) is 7.05 Å². The fourth-order valence-corrected chi connectivity index (χ4v) is 1.86. The van der Waals surface area contributed by atoms with Gasteiger partial charge in [-0.1, -0.05) is 11.6 Å². The van der Waals surface area contributed by atoms with Crippen LogP contribution in [0.25, 0.3) is 17.4 Å². The maximum absolute atomic E-state index is 12.2. The van der Waals surface area contributed by atoms with Crippen LogP contribution in [-0.4, -0.2) is 32.4 Å². The monoisotopic (exact) mass is 266 g/mol. The molecule has 0 saturated heterocycles. The Morgan fingerprint density at radius 2 is 2.42 bits per heavy atom. The van der Waals surface area contributed by atoms with E-state index in [9.17, 15) is 4.79 Å². The number of aromatic nitrogens is 4. The summed E-state index contributed by atoms with van der Waals surface area (Å²) in [6, 6.07) is 0. The van der Waals surface area contributed by atoms with Crippen LogP contribution in [-0.2, 0) is 18.5 Å². The highest BCUT2D eigenvalue weighted by atomic mass is 16.5. The van der Waals surface area contributed by atoms with Crippen molar-refractivity contribution < 1.29 is 14.4 Å². The topological polar surface area (TPSA) is 99.2 Å². The third-order valence-corrected chi connectivity index (χ3v) is 2.69. The standard InChI is InChI=1S/C11H15N5O3/c1-3-16-10(18)8-9(13-11(16)12)15(6-14(8)2)7-19-5-4-17/h3,6,17H,1,4-5,7H2,2H3,(H-,12,13,18)/p+1. The first kappa shape index (κ1) is 13.2. The molecule has 102 valence electrons. The number of hydrogen-bond donors (Lipinski definition) is 2. The van der Waals surface area contributed by atoms with Crippen LogP contribution in [0.1, 0.15) is 0 Å². The van der Waals surface area contributed by atoms with Gasteiger partial charge in [0.2, 0.25) is 5.52 Å². The summed E-state index contributed by atoms with van der Waals surface area (Å²) in [5, 5.41) is 8.68. The van der Waals surface area contributed by atoms with Gasteiger partial charge < -0.3 is 15.6 Å². The molecule has 0 bridgehead atoms. The first-order chi connectivity index (χ1) is 9.10. The molecule has 8 nitrogen and oxygen atoms in total. The lowest BCUT2D eigenvalue weighted by Gasteiger charge is -2.00. The molecule has 0 radical (unpaired) electrons. The fraction of sp³-hybridized carbons (Fsp3) is 0.364. The van der Waals surface area contributed by atoms with E-state index in [2.05, 4.69) is 11.6 Å². The number of anilines is 1. The van der Waals surface area contributed by atoms with Crippen LogP contribution in [0.3, 0.4) is 0 Å². The second-order valence-corrected chi connectivity index (χ2v) is 3.96. The quantitative estimate of drug-likeness (QED) is 0.516. The van der Waals surface area contributed by atoms with Crippen LogP contribution in [0.15, 0.2) is 17.7 Å². The van der Waals surface area contributed by atoms with E-state index in [1.807, 2.05) is 0 Å². The summed E-state index contributed by atoms with van der Waals surface area (Å²) >= 11 is 0. The van der Waals surface area contributed by atoms with E-state index in [1.54, 1.807) is 22.5 Å². The van der Waals surface area contributed by atoms with Crippen molar-refractivity contribution in [3.8, 4) is 0 Å². The SMILES string of the molecule is C=Cn1c(N)nc2c(c1=O)n(C)c[n+]2COCCO. The van der Waals surface area contributed by atoms with E-state index in [0.29, 0.717) is 11.2 Å². The van der Waals surface area contributed by atoms with E-state index in [-0.39, 0.29) is 31.5 Å². The molecule has 8 heteroatoms. The zero-order valence-corrected chi connectivity index (χ0v) is 10.6. The average molecular weight is 266 g/mol. The molecule has 2 rings (SSSR count). The van der Waals surface area contributed by atoms with Crippen LogP contribution in [0, 0.1) is 0 Å². The Balaban J connectivity index is 2.58. The van der Waals surface area contributed by atoms with Gasteiger partial charge in [-0.05, 0) is 0 Å². The molecule has 0 atom stereocenters. The van der Waals surface area contributed by atoms with Gasteiger partial charge in [0.25, 0.3) is 5.95 Å². The van der Waals surface area contributed by atoms with E-state index < -0.39 is 0 Å². The molecule has 0 aliphatic carbocycles. The molecule has 0 amide bonds. The molecule has 0 aromatic carbocycles. The van der Waals surface area contributed by atoms with Crippen LogP contribution in [0.2, 0.25) is 0 Å². The largest absolute Gasteiger partial charge is 0.394 e. The minimum atomic E-state index is -0.291. The molecule has 0 aliphatic rings. The van der Waals surface area contributed by atoms with Gasteiger partial charge in [0.05, 0.1) is 20.3 Å². The molecule has 0 fully saturated rings. The highest BCUT2D eigenvalue weighted by Gasteiger charge is 2.21. The van der Waals surface area contributed by atoms with E-state index >= 15 is 0 Å². The van der Waals surface area contributed by atoms with Crippen LogP contribution < -0.4 is 15.9 Å². The first-order valence-electron chi connectivity index (χ1n) is 5.67. The van der Waals surface area contributed by atoms with Crippen molar-refractivity contribution in [1.82, 2.24) is 14.1 Å².